The van der Waals surface area contributed by atoms with E-state index in [9.17, 15) is 9.90 Å². The Kier molecular flexibility index (Phi) is 3.52. The van der Waals surface area contributed by atoms with Crippen molar-refractivity contribution in [1.82, 2.24) is 9.88 Å². The summed E-state index contributed by atoms with van der Waals surface area (Å²) in [6, 6.07) is 3.85. The third-order valence-corrected chi connectivity index (χ3v) is 3.44. The highest BCUT2D eigenvalue weighted by Gasteiger charge is 2.27. The molecule has 1 saturated heterocycles. The first-order valence-electron chi connectivity index (χ1n) is 6.11. The lowest BCUT2D eigenvalue weighted by molar-refractivity contribution is 0.0697. The molecule has 0 aliphatic carbocycles. The largest absolute Gasteiger partial charge is 0.478 e. The maximum atomic E-state index is 11.2. The quantitative estimate of drug-likeness (QED) is 0.873. The van der Waals surface area contributed by atoms with E-state index in [-0.39, 0.29) is 0 Å². The van der Waals surface area contributed by atoms with Gasteiger partial charge in [0.1, 0.15) is 11.4 Å². The molecule has 98 valence electrons. The Labute approximate surface area is 107 Å². The highest BCUT2D eigenvalue weighted by Crippen LogP contribution is 2.24. The van der Waals surface area contributed by atoms with Crippen molar-refractivity contribution in [3.8, 4) is 0 Å². The van der Waals surface area contributed by atoms with E-state index in [4.69, 9.17) is 0 Å². The Balaban J connectivity index is 2.28. The SMILES string of the molecule is Cc1ccc(C(=O)O)c(N2CCC(N(C)C)C2)n1. The second kappa shape index (κ2) is 4.94. The molecule has 5 heteroatoms. The lowest BCUT2D eigenvalue weighted by Gasteiger charge is -2.22. The zero-order valence-electron chi connectivity index (χ0n) is 11.1. The number of pyridine rings is 1. The molecule has 1 atom stereocenters. The van der Waals surface area contributed by atoms with Gasteiger partial charge in [-0.1, -0.05) is 0 Å². The lowest BCUT2D eigenvalue weighted by atomic mass is 10.2. The zero-order valence-corrected chi connectivity index (χ0v) is 11.1. The van der Waals surface area contributed by atoms with Gasteiger partial charge in [0.05, 0.1) is 0 Å². The van der Waals surface area contributed by atoms with Crippen LogP contribution in [0.4, 0.5) is 5.82 Å². The number of carboxylic acids is 1. The van der Waals surface area contributed by atoms with Crippen LogP contribution in [-0.2, 0) is 0 Å². The minimum absolute atomic E-state index is 0.292. The van der Waals surface area contributed by atoms with Gasteiger partial charge in [0.15, 0.2) is 0 Å². The fourth-order valence-electron chi connectivity index (χ4n) is 2.31. The number of aromatic nitrogens is 1. The molecule has 5 nitrogen and oxygen atoms in total. The number of nitrogens with zero attached hydrogens (tertiary/aromatic N) is 3. The van der Waals surface area contributed by atoms with E-state index in [1.165, 1.54) is 0 Å². The summed E-state index contributed by atoms with van der Waals surface area (Å²) >= 11 is 0. The monoisotopic (exact) mass is 249 g/mol. The summed E-state index contributed by atoms with van der Waals surface area (Å²) in [5.74, 6) is -0.308. The van der Waals surface area contributed by atoms with Crippen molar-refractivity contribution in [3.05, 3.63) is 23.4 Å². The van der Waals surface area contributed by atoms with Gasteiger partial charge in [0, 0.05) is 24.8 Å². The number of hydrogen-bond acceptors (Lipinski definition) is 4. The molecule has 2 heterocycles. The van der Waals surface area contributed by atoms with Crippen LogP contribution in [0.3, 0.4) is 0 Å². The molecule has 0 spiro atoms. The van der Waals surface area contributed by atoms with Gasteiger partial charge in [-0.15, -0.1) is 0 Å². The molecule has 1 aliphatic heterocycles. The van der Waals surface area contributed by atoms with Gasteiger partial charge in [-0.25, -0.2) is 9.78 Å². The van der Waals surface area contributed by atoms with Crippen LogP contribution in [0.1, 0.15) is 22.5 Å². The minimum Gasteiger partial charge on any atom is -0.478 e. The Morgan fingerprint density at radius 3 is 2.78 bits per heavy atom. The standard InChI is InChI=1S/C13H19N3O2/c1-9-4-5-11(13(17)18)12(14-9)16-7-6-10(8-16)15(2)3/h4-5,10H,6-8H2,1-3H3,(H,17,18). The van der Waals surface area contributed by atoms with Crippen LogP contribution in [0, 0.1) is 6.92 Å². The third kappa shape index (κ3) is 2.46. The first-order valence-corrected chi connectivity index (χ1v) is 6.11. The van der Waals surface area contributed by atoms with E-state index < -0.39 is 5.97 Å². The summed E-state index contributed by atoms with van der Waals surface area (Å²) in [5.41, 5.74) is 1.14. The molecule has 2 rings (SSSR count). The van der Waals surface area contributed by atoms with Crippen LogP contribution < -0.4 is 4.90 Å². The van der Waals surface area contributed by atoms with Crippen molar-refractivity contribution in [3.63, 3.8) is 0 Å². The molecule has 0 bridgehead atoms. The summed E-state index contributed by atoms with van der Waals surface area (Å²) in [6.07, 6.45) is 1.04. The Morgan fingerprint density at radius 2 is 2.22 bits per heavy atom. The highest BCUT2D eigenvalue weighted by molar-refractivity contribution is 5.93. The van der Waals surface area contributed by atoms with Gasteiger partial charge in [-0.2, -0.15) is 0 Å². The van der Waals surface area contributed by atoms with E-state index >= 15 is 0 Å². The second-order valence-electron chi connectivity index (χ2n) is 4.98. The Bertz CT molecular complexity index is 460. The van der Waals surface area contributed by atoms with Crippen LogP contribution in [0.2, 0.25) is 0 Å². The summed E-state index contributed by atoms with van der Waals surface area (Å²) in [6.45, 7) is 3.58. The van der Waals surface area contributed by atoms with Gasteiger partial charge in [-0.3, -0.25) is 0 Å². The molecular weight excluding hydrogens is 230 g/mol. The van der Waals surface area contributed by atoms with Crippen molar-refractivity contribution in [1.29, 1.82) is 0 Å². The Hall–Kier alpha value is -1.62. The lowest BCUT2D eigenvalue weighted by Crippen LogP contribution is -2.32. The van der Waals surface area contributed by atoms with E-state index in [0.29, 0.717) is 17.4 Å². The first-order chi connectivity index (χ1) is 8.49. The molecule has 1 aromatic rings. The number of aromatic carboxylic acids is 1. The van der Waals surface area contributed by atoms with E-state index in [1.807, 2.05) is 6.92 Å². The summed E-state index contributed by atoms with van der Waals surface area (Å²) < 4.78 is 0. The summed E-state index contributed by atoms with van der Waals surface area (Å²) in [7, 11) is 4.10. The van der Waals surface area contributed by atoms with Gasteiger partial charge in [0.2, 0.25) is 0 Å². The number of likely N-dealkylation sites (N-methyl/N-ethyl adjacent to an activating group) is 1. The van der Waals surface area contributed by atoms with E-state index in [0.717, 1.165) is 25.2 Å². The van der Waals surface area contributed by atoms with Crippen molar-refractivity contribution in [2.75, 3.05) is 32.1 Å². The van der Waals surface area contributed by atoms with Crippen molar-refractivity contribution in [2.24, 2.45) is 0 Å². The fraction of sp³-hybridized carbons (Fsp3) is 0.538. The normalized spacial score (nSPS) is 19.6. The number of aryl methyl sites for hydroxylation is 1. The van der Waals surface area contributed by atoms with Crippen LogP contribution >= 0.6 is 0 Å². The maximum Gasteiger partial charge on any atom is 0.339 e. The molecule has 0 radical (unpaired) electrons. The molecule has 1 fully saturated rings. The molecule has 1 aromatic heterocycles. The average Bonchev–Trinajstić information content (AvgIpc) is 2.77. The van der Waals surface area contributed by atoms with Crippen molar-refractivity contribution in [2.45, 2.75) is 19.4 Å². The zero-order chi connectivity index (χ0) is 13.3. The van der Waals surface area contributed by atoms with Crippen LogP contribution in [-0.4, -0.2) is 54.2 Å². The smallest absolute Gasteiger partial charge is 0.339 e. The summed E-state index contributed by atoms with van der Waals surface area (Å²) in [5, 5.41) is 9.21. The van der Waals surface area contributed by atoms with Crippen molar-refractivity contribution >= 4 is 11.8 Å². The number of rotatable bonds is 3. The fourth-order valence-corrected chi connectivity index (χ4v) is 2.31. The average molecular weight is 249 g/mol. The molecule has 1 aliphatic rings. The Morgan fingerprint density at radius 1 is 1.50 bits per heavy atom. The minimum atomic E-state index is -0.911. The predicted molar refractivity (Wildman–Crippen MR) is 70.2 cm³/mol. The summed E-state index contributed by atoms with van der Waals surface area (Å²) in [4.78, 5) is 19.9. The molecule has 1 N–H and O–H groups in total. The highest BCUT2D eigenvalue weighted by atomic mass is 16.4. The molecule has 18 heavy (non-hydrogen) atoms. The molecule has 0 saturated carbocycles. The number of carbonyl (C=O) groups is 1. The number of carboxylic acid groups (broad SMARTS) is 1. The van der Waals surface area contributed by atoms with Crippen LogP contribution in [0.5, 0.6) is 0 Å². The van der Waals surface area contributed by atoms with Gasteiger partial charge in [0.25, 0.3) is 0 Å². The first kappa shape index (κ1) is 12.8. The molecule has 0 aromatic carbocycles. The third-order valence-electron chi connectivity index (χ3n) is 3.44. The second-order valence-corrected chi connectivity index (χ2v) is 4.98. The topological polar surface area (TPSA) is 56.7 Å². The molecular formula is C13H19N3O2. The van der Waals surface area contributed by atoms with Gasteiger partial charge in [-0.05, 0) is 39.6 Å². The van der Waals surface area contributed by atoms with Crippen LogP contribution in [0.25, 0.3) is 0 Å². The van der Waals surface area contributed by atoms with Crippen molar-refractivity contribution < 1.29 is 9.90 Å². The van der Waals surface area contributed by atoms with Gasteiger partial charge >= 0.3 is 5.97 Å². The molecule has 1 unspecified atom stereocenters. The predicted octanol–water partition coefficient (Wildman–Crippen LogP) is 1.23. The van der Waals surface area contributed by atoms with Crippen LogP contribution in [0.15, 0.2) is 12.1 Å². The number of anilines is 1. The van der Waals surface area contributed by atoms with E-state index in [2.05, 4.69) is 28.9 Å². The maximum absolute atomic E-state index is 11.2. The van der Waals surface area contributed by atoms with E-state index in [1.54, 1.807) is 12.1 Å². The molecule has 0 amide bonds. The van der Waals surface area contributed by atoms with Gasteiger partial charge < -0.3 is 14.9 Å². The number of hydrogen-bond donors (Lipinski definition) is 1.